The lowest BCUT2D eigenvalue weighted by molar-refractivity contribution is 0.629. The van der Waals surface area contributed by atoms with E-state index in [9.17, 15) is 0 Å². The van der Waals surface area contributed by atoms with Crippen LogP contribution in [-0.2, 0) is 6.54 Å². The van der Waals surface area contributed by atoms with Crippen LogP contribution in [0.2, 0.25) is 0 Å². The van der Waals surface area contributed by atoms with E-state index in [1.54, 1.807) is 0 Å². The van der Waals surface area contributed by atoms with E-state index in [0.717, 1.165) is 13.1 Å². The van der Waals surface area contributed by atoms with E-state index in [1.807, 2.05) is 0 Å². The third-order valence-corrected chi connectivity index (χ3v) is 4.02. The summed E-state index contributed by atoms with van der Waals surface area (Å²) >= 11 is 0. The van der Waals surface area contributed by atoms with E-state index < -0.39 is 0 Å². The SMILES string of the molecule is Cc1nn(Cc2ccccc2)c(C)c1[C@@H]1CCCN1. The summed E-state index contributed by atoms with van der Waals surface area (Å²) in [5.74, 6) is 0. The predicted molar refractivity (Wildman–Crippen MR) is 77.2 cm³/mol. The summed E-state index contributed by atoms with van der Waals surface area (Å²) in [6, 6.07) is 11.0. The first-order valence-corrected chi connectivity index (χ1v) is 7.07. The molecule has 0 saturated carbocycles. The van der Waals surface area contributed by atoms with Crippen LogP contribution in [0.3, 0.4) is 0 Å². The zero-order valence-electron chi connectivity index (χ0n) is 11.7. The van der Waals surface area contributed by atoms with Crippen molar-refractivity contribution >= 4 is 0 Å². The number of aromatic nitrogens is 2. The highest BCUT2D eigenvalue weighted by atomic mass is 15.3. The van der Waals surface area contributed by atoms with Crippen LogP contribution in [-0.4, -0.2) is 16.3 Å². The normalized spacial score (nSPS) is 18.9. The van der Waals surface area contributed by atoms with Crippen molar-refractivity contribution in [2.75, 3.05) is 6.54 Å². The molecule has 0 unspecified atom stereocenters. The molecule has 1 aliphatic rings. The Morgan fingerprint density at radius 2 is 2.05 bits per heavy atom. The molecule has 19 heavy (non-hydrogen) atoms. The number of aryl methyl sites for hydroxylation is 1. The van der Waals surface area contributed by atoms with Gasteiger partial charge < -0.3 is 5.32 Å². The van der Waals surface area contributed by atoms with Crippen LogP contribution < -0.4 is 5.32 Å². The molecule has 1 aromatic heterocycles. The summed E-state index contributed by atoms with van der Waals surface area (Å²) in [6.07, 6.45) is 2.51. The number of rotatable bonds is 3. The van der Waals surface area contributed by atoms with E-state index in [1.165, 1.54) is 35.4 Å². The van der Waals surface area contributed by atoms with Gasteiger partial charge in [0.1, 0.15) is 0 Å². The van der Waals surface area contributed by atoms with Crippen molar-refractivity contribution in [3.8, 4) is 0 Å². The van der Waals surface area contributed by atoms with Crippen molar-refractivity contribution < 1.29 is 0 Å². The Kier molecular flexibility index (Phi) is 3.38. The summed E-state index contributed by atoms with van der Waals surface area (Å²) in [6.45, 7) is 6.32. The van der Waals surface area contributed by atoms with Crippen LogP contribution >= 0.6 is 0 Å². The minimum atomic E-state index is 0.504. The molecule has 0 amide bonds. The smallest absolute Gasteiger partial charge is 0.0662 e. The number of nitrogens with one attached hydrogen (secondary N) is 1. The second kappa shape index (κ2) is 5.17. The monoisotopic (exact) mass is 255 g/mol. The minimum absolute atomic E-state index is 0.504. The average molecular weight is 255 g/mol. The van der Waals surface area contributed by atoms with Gasteiger partial charge in [-0.05, 0) is 38.8 Å². The molecule has 0 radical (unpaired) electrons. The summed E-state index contributed by atoms with van der Waals surface area (Å²) in [4.78, 5) is 0. The highest BCUT2D eigenvalue weighted by Gasteiger charge is 2.23. The van der Waals surface area contributed by atoms with Crippen LogP contribution in [0.25, 0.3) is 0 Å². The molecule has 0 bridgehead atoms. The molecule has 2 heterocycles. The van der Waals surface area contributed by atoms with Crippen molar-refractivity contribution in [2.45, 2.75) is 39.3 Å². The fourth-order valence-electron chi connectivity index (χ4n) is 3.06. The lowest BCUT2D eigenvalue weighted by Crippen LogP contribution is -2.14. The maximum atomic E-state index is 4.73. The standard InChI is InChI=1S/C16H21N3/c1-12-16(15-9-6-10-17-15)13(2)19(18-12)11-14-7-4-3-5-8-14/h3-5,7-8,15,17H,6,9-11H2,1-2H3/t15-/m0/s1. The summed E-state index contributed by atoms with van der Waals surface area (Å²) in [7, 11) is 0. The van der Waals surface area contributed by atoms with E-state index in [2.05, 4.69) is 54.2 Å². The first-order valence-electron chi connectivity index (χ1n) is 7.07. The number of hydrogen-bond acceptors (Lipinski definition) is 2. The van der Waals surface area contributed by atoms with Gasteiger partial charge in [0.25, 0.3) is 0 Å². The van der Waals surface area contributed by atoms with Crippen LogP contribution in [0.5, 0.6) is 0 Å². The van der Waals surface area contributed by atoms with E-state index >= 15 is 0 Å². The van der Waals surface area contributed by atoms with Gasteiger partial charge >= 0.3 is 0 Å². The largest absolute Gasteiger partial charge is 0.310 e. The lowest BCUT2D eigenvalue weighted by Gasteiger charge is -2.11. The van der Waals surface area contributed by atoms with Gasteiger partial charge in [0.15, 0.2) is 0 Å². The second-order valence-corrected chi connectivity index (χ2v) is 5.38. The van der Waals surface area contributed by atoms with Crippen LogP contribution in [0, 0.1) is 13.8 Å². The molecule has 1 saturated heterocycles. The molecule has 0 spiro atoms. The Morgan fingerprint density at radius 3 is 2.74 bits per heavy atom. The van der Waals surface area contributed by atoms with E-state index in [4.69, 9.17) is 5.10 Å². The third kappa shape index (κ3) is 2.43. The molecule has 1 atom stereocenters. The number of nitrogens with zero attached hydrogens (tertiary/aromatic N) is 2. The van der Waals surface area contributed by atoms with Gasteiger partial charge in [-0.25, -0.2) is 0 Å². The molecule has 0 aliphatic carbocycles. The van der Waals surface area contributed by atoms with Gasteiger partial charge in [0, 0.05) is 17.3 Å². The molecule has 1 aliphatic heterocycles. The minimum Gasteiger partial charge on any atom is -0.310 e. The van der Waals surface area contributed by atoms with Crippen molar-refractivity contribution in [2.24, 2.45) is 0 Å². The Morgan fingerprint density at radius 1 is 1.26 bits per heavy atom. The predicted octanol–water partition coefficient (Wildman–Crippen LogP) is 2.97. The fraction of sp³-hybridized carbons (Fsp3) is 0.438. The quantitative estimate of drug-likeness (QED) is 0.913. The fourth-order valence-corrected chi connectivity index (χ4v) is 3.06. The first-order chi connectivity index (χ1) is 9.25. The van der Waals surface area contributed by atoms with Crippen LogP contribution in [0.4, 0.5) is 0 Å². The van der Waals surface area contributed by atoms with E-state index in [0.29, 0.717) is 6.04 Å². The number of hydrogen-bond donors (Lipinski definition) is 1. The van der Waals surface area contributed by atoms with Gasteiger partial charge in [-0.15, -0.1) is 0 Å². The third-order valence-electron chi connectivity index (χ3n) is 4.02. The van der Waals surface area contributed by atoms with Crippen LogP contribution in [0.15, 0.2) is 30.3 Å². The highest BCUT2D eigenvalue weighted by molar-refractivity contribution is 5.30. The van der Waals surface area contributed by atoms with Gasteiger partial charge in [-0.2, -0.15) is 5.10 Å². The van der Waals surface area contributed by atoms with Gasteiger partial charge in [0.05, 0.1) is 12.2 Å². The topological polar surface area (TPSA) is 29.9 Å². The van der Waals surface area contributed by atoms with Gasteiger partial charge in [-0.1, -0.05) is 30.3 Å². The van der Waals surface area contributed by atoms with Crippen molar-refractivity contribution in [3.63, 3.8) is 0 Å². The number of benzene rings is 1. The lowest BCUT2D eigenvalue weighted by atomic mass is 10.0. The molecule has 3 nitrogen and oxygen atoms in total. The Bertz CT molecular complexity index is 551. The summed E-state index contributed by atoms with van der Waals surface area (Å²) in [5, 5.41) is 8.31. The Balaban J connectivity index is 1.89. The van der Waals surface area contributed by atoms with Crippen molar-refractivity contribution in [3.05, 3.63) is 52.8 Å². The molecule has 1 N–H and O–H groups in total. The van der Waals surface area contributed by atoms with Crippen molar-refractivity contribution in [1.29, 1.82) is 0 Å². The second-order valence-electron chi connectivity index (χ2n) is 5.38. The molecule has 1 fully saturated rings. The zero-order chi connectivity index (χ0) is 13.2. The molecule has 1 aromatic carbocycles. The molecular formula is C16H21N3. The molecule has 2 aromatic rings. The highest BCUT2D eigenvalue weighted by Crippen LogP contribution is 2.28. The van der Waals surface area contributed by atoms with Gasteiger partial charge in [0.2, 0.25) is 0 Å². The summed E-state index contributed by atoms with van der Waals surface area (Å²) < 4.78 is 2.14. The van der Waals surface area contributed by atoms with Crippen LogP contribution in [0.1, 0.15) is 41.4 Å². The first kappa shape index (κ1) is 12.4. The summed E-state index contributed by atoms with van der Waals surface area (Å²) in [5.41, 5.74) is 5.20. The molecular weight excluding hydrogens is 234 g/mol. The van der Waals surface area contributed by atoms with Crippen molar-refractivity contribution in [1.82, 2.24) is 15.1 Å². The Labute approximate surface area is 114 Å². The molecule has 3 heteroatoms. The maximum Gasteiger partial charge on any atom is 0.0662 e. The molecule has 100 valence electrons. The maximum absolute atomic E-state index is 4.73. The van der Waals surface area contributed by atoms with E-state index in [-0.39, 0.29) is 0 Å². The zero-order valence-corrected chi connectivity index (χ0v) is 11.7. The average Bonchev–Trinajstić information content (AvgIpc) is 3.01. The Hall–Kier alpha value is -1.61. The molecule has 3 rings (SSSR count). The van der Waals surface area contributed by atoms with Gasteiger partial charge in [-0.3, -0.25) is 4.68 Å².